The number of hydrogen-bond acceptors (Lipinski definition) is 6. The average Bonchev–Trinajstić information content (AvgIpc) is 2.86. The first-order valence-corrected chi connectivity index (χ1v) is 8.19. The number of aryl methyl sites for hydroxylation is 1. The van der Waals surface area contributed by atoms with E-state index in [1.54, 1.807) is 0 Å². The number of nitrogen functional groups attached to an aromatic ring is 1. The highest BCUT2D eigenvalue weighted by atomic mass is 32.2. The van der Waals surface area contributed by atoms with Crippen molar-refractivity contribution in [3.05, 3.63) is 11.9 Å². The zero-order valence-corrected chi connectivity index (χ0v) is 12.5. The van der Waals surface area contributed by atoms with Crippen LogP contribution < -0.4 is 16.6 Å². The number of hydrazine groups is 1. The second kappa shape index (κ2) is 6.96. The lowest BCUT2D eigenvalue weighted by atomic mass is 10.2. The smallest absolute Gasteiger partial charge is 0.145 e. The predicted molar refractivity (Wildman–Crippen MR) is 82.4 cm³/mol. The van der Waals surface area contributed by atoms with Crippen molar-refractivity contribution in [2.24, 2.45) is 5.84 Å². The van der Waals surface area contributed by atoms with E-state index in [2.05, 4.69) is 33.9 Å². The normalized spacial score (nSPS) is 22.5. The summed E-state index contributed by atoms with van der Waals surface area (Å²) in [5.41, 5.74) is 2.62. The largest absolute Gasteiger partial charge is 0.366 e. The number of thioether (sulfide) groups is 1. The first kappa shape index (κ1) is 14.4. The molecule has 0 radical (unpaired) electrons. The third-order valence-corrected chi connectivity index (χ3v) is 4.65. The van der Waals surface area contributed by atoms with E-state index in [1.165, 1.54) is 19.3 Å². The van der Waals surface area contributed by atoms with Crippen LogP contribution in [0, 0.1) is 0 Å². The highest BCUT2D eigenvalue weighted by Gasteiger charge is 2.26. The maximum atomic E-state index is 5.47. The molecule has 0 aliphatic heterocycles. The fourth-order valence-corrected chi connectivity index (χ4v) is 3.48. The molecule has 0 bridgehead atoms. The summed E-state index contributed by atoms with van der Waals surface area (Å²) in [7, 11) is 0. The Balaban J connectivity index is 2.12. The summed E-state index contributed by atoms with van der Waals surface area (Å²) < 4.78 is 0. The molecule has 2 unspecified atom stereocenters. The molecule has 4 N–H and O–H groups in total. The van der Waals surface area contributed by atoms with Crippen LogP contribution >= 0.6 is 11.8 Å². The summed E-state index contributed by atoms with van der Waals surface area (Å²) in [5.74, 6) is 7.89. The highest BCUT2D eigenvalue weighted by Crippen LogP contribution is 2.30. The van der Waals surface area contributed by atoms with Crippen LogP contribution in [0.25, 0.3) is 0 Å². The predicted octanol–water partition coefficient (Wildman–Crippen LogP) is 2.41. The van der Waals surface area contributed by atoms with Gasteiger partial charge in [-0.3, -0.25) is 0 Å². The third-order valence-electron chi connectivity index (χ3n) is 3.48. The Morgan fingerprint density at radius 2 is 2.16 bits per heavy atom. The zero-order chi connectivity index (χ0) is 13.7. The number of nitrogens with zero attached hydrogens (tertiary/aromatic N) is 2. The molecule has 106 valence electrons. The van der Waals surface area contributed by atoms with Crippen LogP contribution in [0.3, 0.4) is 0 Å². The molecule has 1 heterocycles. The first-order valence-electron chi connectivity index (χ1n) is 6.90. The average molecular weight is 281 g/mol. The van der Waals surface area contributed by atoms with Crippen molar-refractivity contribution in [3.63, 3.8) is 0 Å². The summed E-state index contributed by atoms with van der Waals surface area (Å²) in [4.78, 5) is 8.94. The number of aromatic nitrogens is 2. The maximum Gasteiger partial charge on any atom is 0.145 e. The van der Waals surface area contributed by atoms with Gasteiger partial charge in [0.05, 0.1) is 0 Å². The molecule has 2 atom stereocenters. The van der Waals surface area contributed by atoms with E-state index in [0.717, 1.165) is 24.5 Å². The van der Waals surface area contributed by atoms with Gasteiger partial charge < -0.3 is 10.7 Å². The topological polar surface area (TPSA) is 75.9 Å². The second-order valence-corrected chi connectivity index (χ2v) is 5.98. The third kappa shape index (κ3) is 3.73. The number of anilines is 2. The number of hydrogen-bond donors (Lipinski definition) is 3. The second-order valence-electron chi connectivity index (χ2n) is 4.90. The summed E-state index contributed by atoms with van der Waals surface area (Å²) in [5, 5.41) is 4.23. The van der Waals surface area contributed by atoms with Crippen LogP contribution in [-0.2, 0) is 6.42 Å². The molecule has 1 aromatic heterocycles. The van der Waals surface area contributed by atoms with E-state index < -0.39 is 0 Å². The molecule has 1 aromatic rings. The van der Waals surface area contributed by atoms with E-state index in [9.17, 15) is 0 Å². The van der Waals surface area contributed by atoms with Crippen molar-refractivity contribution in [2.75, 3.05) is 17.0 Å². The summed E-state index contributed by atoms with van der Waals surface area (Å²) >= 11 is 1.94. The van der Waals surface area contributed by atoms with Crippen molar-refractivity contribution in [3.8, 4) is 0 Å². The van der Waals surface area contributed by atoms with E-state index in [1.807, 2.05) is 17.8 Å². The van der Waals surface area contributed by atoms with Gasteiger partial charge in [0.2, 0.25) is 0 Å². The molecule has 6 heteroatoms. The molecular formula is C13H23N5S. The maximum absolute atomic E-state index is 5.47. The van der Waals surface area contributed by atoms with Crippen molar-refractivity contribution in [1.82, 2.24) is 9.97 Å². The fourth-order valence-electron chi connectivity index (χ4n) is 2.54. The van der Waals surface area contributed by atoms with Gasteiger partial charge in [0.25, 0.3) is 0 Å². The van der Waals surface area contributed by atoms with Gasteiger partial charge in [0.15, 0.2) is 0 Å². The van der Waals surface area contributed by atoms with Gasteiger partial charge >= 0.3 is 0 Å². The Morgan fingerprint density at radius 1 is 1.37 bits per heavy atom. The van der Waals surface area contributed by atoms with Crippen molar-refractivity contribution in [1.29, 1.82) is 0 Å². The van der Waals surface area contributed by atoms with E-state index in [-0.39, 0.29) is 0 Å². The number of rotatable bonds is 6. The Hall–Kier alpha value is -1.01. The van der Waals surface area contributed by atoms with Crippen LogP contribution in [-0.4, -0.2) is 27.5 Å². The summed E-state index contributed by atoms with van der Waals surface area (Å²) in [6, 6.07) is 2.39. The minimum absolute atomic E-state index is 0.505. The Morgan fingerprint density at radius 3 is 2.84 bits per heavy atom. The van der Waals surface area contributed by atoms with Crippen LogP contribution in [0.1, 0.15) is 38.4 Å². The summed E-state index contributed by atoms with van der Waals surface area (Å²) in [6.07, 6.45) is 7.88. The Bertz CT molecular complexity index is 412. The minimum atomic E-state index is 0.505. The van der Waals surface area contributed by atoms with Gasteiger partial charge in [-0.1, -0.05) is 13.3 Å². The van der Waals surface area contributed by atoms with E-state index >= 15 is 0 Å². The van der Waals surface area contributed by atoms with Crippen molar-refractivity contribution < 1.29 is 0 Å². The molecule has 1 aliphatic carbocycles. The Kier molecular flexibility index (Phi) is 5.27. The quantitative estimate of drug-likeness (QED) is 0.549. The number of nitrogens with two attached hydrogens (primary N) is 1. The lowest BCUT2D eigenvalue weighted by Crippen LogP contribution is -2.26. The zero-order valence-electron chi connectivity index (χ0n) is 11.6. The van der Waals surface area contributed by atoms with Crippen LogP contribution in [0.4, 0.5) is 11.6 Å². The van der Waals surface area contributed by atoms with Gasteiger partial charge in [0, 0.05) is 23.8 Å². The lowest BCUT2D eigenvalue weighted by Gasteiger charge is -2.20. The molecule has 2 rings (SSSR count). The highest BCUT2D eigenvalue weighted by molar-refractivity contribution is 7.99. The molecule has 0 saturated heterocycles. The molecule has 1 aliphatic rings. The first-order chi connectivity index (χ1) is 9.26. The van der Waals surface area contributed by atoms with Crippen LogP contribution in [0.15, 0.2) is 6.07 Å². The Labute approximate surface area is 119 Å². The lowest BCUT2D eigenvalue weighted by molar-refractivity contribution is 0.756. The molecule has 0 spiro atoms. The molecule has 1 fully saturated rings. The van der Waals surface area contributed by atoms with Crippen LogP contribution in [0.5, 0.6) is 0 Å². The van der Waals surface area contributed by atoms with Crippen molar-refractivity contribution >= 4 is 23.4 Å². The monoisotopic (exact) mass is 281 g/mol. The summed E-state index contributed by atoms with van der Waals surface area (Å²) in [6.45, 7) is 2.12. The van der Waals surface area contributed by atoms with E-state index in [0.29, 0.717) is 17.1 Å². The van der Waals surface area contributed by atoms with Gasteiger partial charge in [0.1, 0.15) is 17.5 Å². The van der Waals surface area contributed by atoms with Crippen molar-refractivity contribution in [2.45, 2.75) is 50.3 Å². The van der Waals surface area contributed by atoms with Gasteiger partial charge in [-0.25, -0.2) is 15.8 Å². The van der Waals surface area contributed by atoms with Gasteiger partial charge in [-0.15, -0.1) is 0 Å². The fraction of sp³-hybridized carbons (Fsp3) is 0.692. The molecule has 0 aromatic carbocycles. The number of nitrogens with one attached hydrogen (secondary N) is 2. The molecule has 5 nitrogen and oxygen atoms in total. The molecule has 19 heavy (non-hydrogen) atoms. The molecule has 0 amide bonds. The SMILES string of the molecule is CCCc1nc(NN)cc(NC2CCCC2SC)n1. The molecule has 1 saturated carbocycles. The standard InChI is InChI=1S/C13H23N5S/c1-3-5-11-16-12(8-13(17-11)18-14)15-9-6-4-7-10(9)19-2/h8-10H,3-7,14H2,1-2H3,(H2,15,16,17,18). The van der Waals surface area contributed by atoms with E-state index in [4.69, 9.17) is 5.84 Å². The minimum Gasteiger partial charge on any atom is -0.366 e. The molecular weight excluding hydrogens is 258 g/mol. The van der Waals surface area contributed by atoms with Crippen LogP contribution in [0.2, 0.25) is 0 Å². The van der Waals surface area contributed by atoms with Gasteiger partial charge in [-0.05, 0) is 25.5 Å². The van der Waals surface area contributed by atoms with Gasteiger partial charge in [-0.2, -0.15) is 11.8 Å².